The van der Waals surface area contributed by atoms with Gasteiger partial charge in [-0.25, -0.2) is 4.39 Å². The molecule has 114 valence electrons. The Morgan fingerprint density at radius 3 is 2.95 bits per heavy atom. The van der Waals surface area contributed by atoms with Crippen LogP contribution in [0.3, 0.4) is 0 Å². The molecule has 0 radical (unpaired) electrons. The molecular weight excluding hydrogens is 267 g/mol. The number of hydrogen-bond donors (Lipinski definition) is 1. The lowest BCUT2D eigenvalue weighted by molar-refractivity contribution is -0.0456. The van der Waals surface area contributed by atoms with Crippen molar-refractivity contribution >= 4 is 0 Å². The molecule has 21 heavy (non-hydrogen) atoms. The molecule has 2 nitrogen and oxygen atoms in total. The summed E-state index contributed by atoms with van der Waals surface area (Å²) in [5, 5.41) is 11.2. The number of aliphatic hydroxyl groups is 1. The summed E-state index contributed by atoms with van der Waals surface area (Å²) in [7, 11) is 1.48. The summed E-state index contributed by atoms with van der Waals surface area (Å²) in [6.45, 7) is 0. The Hall–Kier alpha value is -1.09. The van der Waals surface area contributed by atoms with Crippen molar-refractivity contribution in [3.8, 4) is 5.75 Å². The minimum absolute atomic E-state index is 0.276. The van der Waals surface area contributed by atoms with E-state index in [-0.39, 0.29) is 11.6 Å². The van der Waals surface area contributed by atoms with Crippen LogP contribution in [0.1, 0.15) is 37.7 Å². The zero-order chi connectivity index (χ0) is 14.6. The topological polar surface area (TPSA) is 29.5 Å². The fraction of sp³-hybridized carbons (Fsp3) is 0.667. The van der Waals surface area contributed by atoms with Crippen LogP contribution in [0.5, 0.6) is 5.75 Å². The molecule has 5 unspecified atom stereocenters. The summed E-state index contributed by atoms with van der Waals surface area (Å²) in [6, 6.07) is 5.23. The fourth-order valence-electron chi connectivity index (χ4n) is 5.62. The maximum atomic E-state index is 14.4. The number of methoxy groups -OCH3 is 1. The maximum Gasteiger partial charge on any atom is 0.168 e. The van der Waals surface area contributed by atoms with E-state index in [2.05, 4.69) is 0 Å². The van der Waals surface area contributed by atoms with Crippen LogP contribution >= 0.6 is 0 Å². The van der Waals surface area contributed by atoms with Crippen molar-refractivity contribution in [2.45, 2.75) is 44.1 Å². The Morgan fingerprint density at radius 2 is 2.14 bits per heavy atom. The number of hydrogen-bond acceptors (Lipinski definition) is 2. The predicted molar refractivity (Wildman–Crippen MR) is 78.7 cm³/mol. The number of ether oxygens (including phenoxy) is 1. The van der Waals surface area contributed by atoms with Crippen LogP contribution in [0, 0.1) is 29.5 Å². The quantitative estimate of drug-likeness (QED) is 0.922. The van der Waals surface area contributed by atoms with Crippen molar-refractivity contribution in [1.29, 1.82) is 0 Å². The molecule has 0 spiro atoms. The summed E-state index contributed by atoms with van der Waals surface area (Å²) < 4.78 is 19.4. The Labute approximate surface area is 125 Å². The van der Waals surface area contributed by atoms with E-state index in [1.165, 1.54) is 26.4 Å². The molecule has 0 saturated heterocycles. The molecule has 3 fully saturated rings. The van der Waals surface area contributed by atoms with E-state index in [4.69, 9.17) is 4.74 Å². The normalized spacial score (nSPS) is 40.5. The van der Waals surface area contributed by atoms with Gasteiger partial charge in [-0.3, -0.25) is 0 Å². The van der Waals surface area contributed by atoms with Crippen molar-refractivity contribution in [1.82, 2.24) is 0 Å². The van der Waals surface area contributed by atoms with Crippen molar-refractivity contribution in [2.75, 3.05) is 7.11 Å². The minimum atomic E-state index is -0.705. The molecule has 3 aliphatic rings. The van der Waals surface area contributed by atoms with Crippen LogP contribution < -0.4 is 4.74 Å². The molecule has 1 aromatic carbocycles. The Bertz CT molecular complexity index is 558. The van der Waals surface area contributed by atoms with E-state index in [1.807, 2.05) is 6.07 Å². The highest BCUT2D eigenvalue weighted by molar-refractivity contribution is 5.32. The fourth-order valence-corrected chi connectivity index (χ4v) is 5.62. The van der Waals surface area contributed by atoms with Gasteiger partial charge in [-0.05, 0) is 61.0 Å². The van der Waals surface area contributed by atoms with Crippen LogP contribution in [-0.2, 0) is 6.42 Å². The van der Waals surface area contributed by atoms with Crippen LogP contribution in [0.25, 0.3) is 0 Å². The van der Waals surface area contributed by atoms with E-state index in [9.17, 15) is 9.50 Å². The smallest absolute Gasteiger partial charge is 0.168 e. The highest BCUT2D eigenvalue weighted by atomic mass is 19.1. The van der Waals surface area contributed by atoms with E-state index in [0.29, 0.717) is 29.7 Å². The van der Waals surface area contributed by atoms with Gasteiger partial charge in [-0.15, -0.1) is 0 Å². The molecule has 3 heteroatoms. The lowest BCUT2D eigenvalue weighted by atomic mass is 9.70. The molecule has 4 rings (SSSR count). The van der Waals surface area contributed by atoms with Gasteiger partial charge in [0, 0.05) is 6.42 Å². The molecule has 1 N–H and O–H groups in total. The van der Waals surface area contributed by atoms with Gasteiger partial charge >= 0.3 is 0 Å². The molecule has 0 aromatic heterocycles. The van der Waals surface area contributed by atoms with Crippen molar-refractivity contribution < 1.29 is 14.2 Å². The first kappa shape index (κ1) is 13.6. The first-order valence-electron chi connectivity index (χ1n) is 8.16. The van der Waals surface area contributed by atoms with Crippen LogP contribution in [-0.4, -0.2) is 17.8 Å². The molecule has 2 bridgehead atoms. The zero-order valence-electron chi connectivity index (χ0n) is 12.5. The summed E-state index contributed by atoms with van der Waals surface area (Å²) in [6.07, 6.45) is 6.35. The van der Waals surface area contributed by atoms with E-state index in [0.717, 1.165) is 18.8 Å². The number of benzene rings is 1. The molecular formula is C18H23FO2. The minimum Gasteiger partial charge on any atom is -0.494 e. The third-order valence-electron chi connectivity index (χ3n) is 6.37. The average molecular weight is 290 g/mol. The van der Waals surface area contributed by atoms with Crippen LogP contribution in [0.15, 0.2) is 18.2 Å². The van der Waals surface area contributed by atoms with Gasteiger partial charge in [0.25, 0.3) is 0 Å². The summed E-state index contributed by atoms with van der Waals surface area (Å²) >= 11 is 0. The summed E-state index contributed by atoms with van der Waals surface area (Å²) in [4.78, 5) is 0. The number of fused-ring (bicyclic) bond motifs is 5. The second-order valence-corrected chi connectivity index (χ2v) is 7.28. The zero-order valence-corrected chi connectivity index (χ0v) is 12.5. The molecule has 3 saturated carbocycles. The first-order valence-corrected chi connectivity index (χ1v) is 8.16. The molecule has 0 aliphatic heterocycles. The lowest BCUT2D eigenvalue weighted by Crippen LogP contribution is -2.43. The van der Waals surface area contributed by atoms with Crippen LogP contribution in [0.4, 0.5) is 4.39 Å². The first-order chi connectivity index (χ1) is 10.1. The van der Waals surface area contributed by atoms with Crippen molar-refractivity contribution in [2.24, 2.45) is 23.7 Å². The molecule has 3 aliphatic carbocycles. The van der Waals surface area contributed by atoms with Crippen LogP contribution in [0.2, 0.25) is 0 Å². The largest absolute Gasteiger partial charge is 0.494 e. The summed E-state index contributed by atoms with van der Waals surface area (Å²) in [5.74, 6) is 2.53. The molecule has 5 atom stereocenters. The van der Waals surface area contributed by atoms with Gasteiger partial charge in [-0.1, -0.05) is 18.6 Å². The Morgan fingerprint density at radius 1 is 1.33 bits per heavy atom. The van der Waals surface area contributed by atoms with Gasteiger partial charge < -0.3 is 9.84 Å². The van der Waals surface area contributed by atoms with Crippen molar-refractivity contribution in [3.05, 3.63) is 29.6 Å². The standard InChI is InChI=1S/C18H23FO2/c1-21-16-7-2-4-11(17(16)19)9-18(20)10-12-8-15(18)14-6-3-5-13(12)14/h2,4,7,12-15,20H,3,5-6,8-10H2,1H3. The number of halogens is 1. The summed E-state index contributed by atoms with van der Waals surface area (Å²) in [5.41, 5.74) is -0.109. The average Bonchev–Trinajstić information content (AvgIpc) is 3.12. The second kappa shape index (κ2) is 4.70. The predicted octanol–water partition coefficient (Wildman–Crippen LogP) is 3.56. The highest BCUT2D eigenvalue weighted by Crippen LogP contribution is 2.63. The van der Waals surface area contributed by atoms with E-state index in [1.54, 1.807) is 12.1 Å². The van der Waals surface area contributed by atoms with Gasteiger partial charge in [0.1, 0.15) is 0 Å². The van der Waals surface area contributed by atoms with Gasteiger partial charge in [0.05, 0.1) is 12.7 Å². The second-order valence-electron chi connectivity index (χ2n) is 7.28. The lowest BCUT2D eigenvalue weighted by Gasteiger charge is -2.39. The molecule has 0 amide bonds. The maximum absolute atomic E-state index is 14.4. The third-order valence-corrected chi connectivity index (χ3v) is 6.37. The van der Waals surface area contributed by atoms with Gasteiger partial charge in [0.15, 0.2) is 11.6 Å². The Kier molecular flexibility index (Phi) is 3.04. The molecule has 1 aromatic rings. The molecule has 0 heterocycles. The number of rotatable bonds is 3. The van der Waals surface area contributed by atoms with E-state index < -0.39 is 5.60 Å². The monoisotopic (exact) mass is 290 g/mol. The van der Waals surface area contributed by atoms with E-state index >= 15 is 0 Å². The Balaban J connectivity index is 1.60. The van der Waals surface area contributed by atoms with Gasteiger partial charge in [-0.2, -0.15) is 0 Å². The SMILES string of the molecule is COc1cccc(CC2(O)CC3CC2C2CCCC32)c1F. The van der Waals surface area contributed by atoms with Gasteiger partial charge in [0.2, 0.25) is 0 Å². The van der Waals surface area contributed by atoms with Crippen molar-refractivity contribution in [3.63, 3.8) is 0 Å². The third kappa shape index (κ3) is 1.93. The highest BCUT2D eigenvalue weighted by Gasteiger charge is 2.60.